The van der Waals surface area contributed by atoms with Gasteiger partial charge in [0, 0.05) is 19.0 Å². The summed E-state index contributed by atoms with van der Waals surface area (Å²) in [7, 11) is 1.63. The number of carbonyl (C=O) groups excluding carboxylic acids is 3. The Balaban J connectivity index is 1.57. The Labute approximate surface area is 163 Å². The molecule has 0 spiro atoms. The number of imide groups is 1. The molecule has 28 heavy (non-hydrogen) atoms. The van der Waals surface area contributed by atoms with Gasteiger partial charge in [0.15, 0.2) is 6.04 Å². The molecule has 0 bridgehead atoms. The Morgan fingerprint density at radius 2 is 1.82 bits per heavy atom. The van der Waals surface area contributed by atoms with Crippen LogP contribution in [0.3, 0.4) is 0 Å². The third-order valence-electron chi connectivity index (χ3n) is 4.67. The van der Waals surface area contributed by atoms with Gasteiger partial charge in [-0.1, -0.05) is 12.1 Å². The highest BCUT2D eigenvalue weighted by atomic mass is 16.5. The van der Waals surface area contributed by atoms with Crippen LogP contribution in [0.25, 0.3) is 0 Å². The lowest BCUT2D eigenvalue weighted by Crippen LogP contribution is -2.92. The molecule has 3 N–H and O–H groups in total. The predicted molar refractivity (Wildman–Crippen MR) is 105 cm³/mol. The number of rotatable bonds is 7. The Morgan fingerprint density at radius 3 is 2.43 bits per heavy atom. The number of nitrogens with zero attached hydrogens (tertiary/aromatic N) is 1. The lowest BCUT2D eigenvalue weighted by Gasteiger charge is -2.15. The van der Waals surface area contributed by atoms with Gasteiger partial charge in [0.1, 0.15) is 5.75 Å². The van der Waals surface area contributed by atoms with Gasteiger partial charge in [0.2, 0.25) is 11.8 Å². The predicted octanol–water partition coefficient (Wildman–Crippen LogP) is 1.09. The zero-order valence-electron chi connectivity index (χ0n) is 16.0. The first-order valence-electron chi connectivity index (χ1n) is 9.18. The fraction of sp³-hybridized carbons (Fsp3) is 0.286. The maximum Gasteiger partial charge on any atom is 0.292 e. The van der Waals surface area contributed by atoms with Crippen molar-refractivity contribution in [1.82, 2.24) is 0 Å². The minimum Gasteiger partial charge on any atom is -0.497 e. The van der Waals surface area contributed by atoms with E-state index < -0.39 is 6.04 Å². The third-order valence-corrected chi connectivity index (χ3v) is 4.67. The fourth-order valence-corrected chi connectivity index (χ4v) is 3.25. The van der Waals surface area contributed by atoms with Crippen LogP contribution in [0.5, 0.6) is 5.75 Å². The number of benzene rings is 2. The summed E-state index contributed by atoms with van der Waals surface area (Å²) in [5.41, 5.74) is 2.30. The van der Waals surface area contributed by atoms with E-state index in [0.29, 0.717) is 17.9 Å². The molecule has 2 aromatic rings. The van der Waals surface area contributed by atoms with E-state index in [0.717, 1.165) is 17.7 Å². The summed E-state index contributed by atoms with van der Waals surface area (Å²) in [5, 5.41) is 4.59. The van der Waals surface area contributed by atoms with Crippen molar-refractivity contribution in [2.75, 3.05) is 23.9 Å². The molecule has 7 heteroatoms. The first kappa shape index (κ1) is 19.6. The number of methoxy groups -OCH3 is 1. The summed E-state index contributed by atoms with van der Waals surface area (Å²) in [6, 6.07) is 14.1. The minimum absolute atomic E-state index is 0.174. The van der Waals surface area contributed by atoms with Gasteiger partial charge >= 0.3 is 0 Å². The van der Waals surface area contributed by atoms with Crippen LogP contribution in [0, 0.1) is 0 Å². The number of hydrogen-bond donors (Lipinski definition) is 2. The maximum atomic E-state index is 12.7. The fourth-order valence-electron chi connectivity index (χ4n) is 3.25. The molecule has 0 saturated carbocycles. The molecule has 0 aliphatic carbocycles. The number of carbonyl (C=O) groups is 3. The van der Waals surface area contributed by atoms with E-state index in [4.69, 9.17) is 4.74 Å². The van der Waals surface area contributed by atoms with Crippen molar-refractivity contribution >= 4 is 29.1 Å². The minimum atomic E-state index is -0.402. The van der Waals surface area contributed by atoms with Crippen LogP contribution < -0.4 is 20.3 Å². The van der Waals surface area contributed by atoms with Gasteiger partial charge in [-0.15, -0.1) is 0 Å². The van der Waals surface area contributed by atoms with Gasteiger partial charge in [0.05, 0.1) is 25.8 Å². The molecule has 7 nitrogen and oxygen atoms in total. The second-order valence-electron chi connectivity index (χ2n) is 6.73. The van der Waals surface area contributed by atoms with Crippen LogP contribution in [-0.2, 0) is 20.8 Å². The summed E-state index contributed by atoms with van der Waals surface area (Å²) in [4.78, 5) is 37.4. The van der Waals surface area contributed by atoms with Crippen LogP contribution in [0.1, 0.15) is 18.9 Å². The molecule has 1 fully saturated rings. The van der Waals surface area contributed by atoms with E-state index in [1.165, 1.54) is 11.8 Å². The molecule has 0 unspecified atom stereocenters. The van der Waals surface area contributed by atoms with Gasteiger partial charge in [0.25, 0.3) is 5.91 Å². The Kier molecular flexibility index (Phi) is 6.06. The van der Waals surface area contributed by atoms with E-state index in [2.05, 4.69) is 5.32 Å². The molecule has 1 aliphatic heterocycles. The molecule has 1 heterocycles. The van der Waals surface area contributed by atoms with E-state index in [9.17, 15) is 14.4 Å². The number of amides is 3. The van der Waals surface area contributed by atoms with E-state index in [1.807, 2.05) is 29.6 Å². The molecule has 1 saturated heterocycles. The van der Waals surface area contributed by atoms with Crippen LogP contribution in [-0.4, -0.2) is 37.4 Å². The Bertz CT molecular complexity index is 862. The van der Waals surface area contributed by atoms with E-state index >= 15 is 0 Å². The van der Waals surface area contributed by atoms with Crippen molar-refractivity contribution in [1.29, 1.82) is 0 Å². The summed E-state index contributed by atoms with van der Waals surface area (Å²) < 4.78 is 5.14. The van der Waals surface area contributed by atoms with Gasteiger partial charge in [-0.25, -0.2) is 4.90 Å². The zero-order chi connectivity index (χ0) is 20.1. The number of anilines is 2. The van der Waals surface area contributed by atoms with Crippen LogP contribution in [0.2, 0.25) is 0 Å². The number of quaternary nitrogens is 1. The SMILES string of the molecule is COc1ccc(CC[NH2+][C@@H]2CC(=O)N(c3ccc(NC(C)=O)cc3)C2=O)cc1. The number of nitrogens with two attached hydrogens (primary N) is 1. The number of nitrogens with one attached hydrogen (secondary N) is 1. The molecular weight excluding hydrogens is 358 g/mol. The number of ether oxygens (including phenoxy) is 1. The molecule has 1 atom stereocenters. The largest absolute Gasteiger partial charge is 0.497 e. The topological polar surface area (TPSA) is 92.3 Å². The molecular formula is C21H24N3O4+. The van der Waals surface area contributed by atoms with Crippen molar-refractivity contribution in [3.05, 3.63) is 54.1 Å². The molecule has 1 aliphatic rings. The van der Waals surface area contributed by atoms with Crippen molar-refractivity contribution in [3.63, 3.8) is 0 Å². The van der Waals surface area contributed by atoms with Crippen molar-refractivity contribution in [3.8, 4) is 5.75 Å². The quantitative estimate of drug-likeness (QED) is 0.701. The summed E-state index contributed by atoms with van der Waals surface area (Å²) in [5.74, 6) is 0.229. The van der Waals surface area contributed by atoms with E-state index in [-0.39, 0.29) is 24.1 Å². The highest BCUT2D eigenvalue weighted by Gasteiger charge is 2.42. The first-order chi connectivity index (χ1) is 13.5. The molecule has 0 radical (unpaired) electrons. The monoisotopic (exact) mass is 382 g/mol. The van der Waals surface area contributed by atoms with Crippen LogP contribution >= 0.6 is 0 Å². The lowest BCUT2D eigenvalue weighted by atomic mass is 10.1. The highest BCUT2D eigenvalue weighted by molar-refractivity contribution is 6.21. The summed E-state index contributed by atoms with van der Waals surface area (Å²) in [6.45, 7) is 2.14. The molecule has 146 valence electrons. The van der Waals surface area contributed by atoms with Crippen molar-refractivity contribution in [2.24, 2.45) is 0 Å². The summed E-state index contributed by atoms with van der Waals surface area (Å²) >= 11 is 0. The summed E-state index contributed by atoms with van der Waals surface area (Å²) in [6.07, 6.45) is 0.988. The van der Waals surface area contributed by atoms with Crippen molar-refractivity contribution in [2.45, 2.75) is 25.8 Å². The van der Waals surface area contributed by atoms with Crippen LogP contribution in [0.15, 0.2) is 48.5 Å². The normalized spacial score (nSPS) is 16.4. The zero-order valence-corrected chi connectivity index (χ0v) is 16.0. The maximum absolute atomic E-state index is 12.7. The molecule has 2 aromatic carbocycles. The second-order valence-corrected chi connectivity index (χ2v) is 6.73. The van der Waals surface area contributed by atoms with E-state index in [1.54, 1.807) is 31.4 Å². The average molecular weight is 382 g/mol. The number of hydrogen-bond acceptors (Lipinski definition) is 4. The Morgan fingerprint density at radius 1 is 1.14 bits per heavy atom. The highest BCUT2D eigenvalue weighted by Crippen LogP contribution is 2.23. The van der Waals surface area contributed by atoms with Gasteiger partial charge in [-0.05, 0) is 42.0 Å². The van der Waals surface area contributed by atoms with Gasteiger partial charge in [-0.2, -0.15) is 0 Å². The second kappa shape index (κ2) is 8.67. The molecule has 0 aromatic heterocycles. The van der Waals surface area contributed by atoms with Gasteiger partial charge in [-0.3, -0.25) is 14.4 Å². The average Bonchev–Trinajstić information content (AvgIpc) is 2.96. The standard InChI is InChI=1S/C21H23N3O4/c1-14(25)23-16-5-7-17(8-6-16)24-20(26)13-19(21(24)27)22-12-11-15-3-9-18(28-2)10-4-15/h3-10,19,22H,11-13H2,1-2H3,(H,23,25)/p+1/t19-/m1/s1. The molecule has 3 rings (SSSR count). The lowest BCUT2D eigenvalue weighted by molar-refractivity contribution is -0.674. The van der Waals surface area contributed by atoms with Crippen LogP contribution in [0.4, 0.5) is 11.4 Å². The smallest absolute Gasteiger partial charge is 0.292 e. The Hall–Kier alpha value is -3.19. The molecule has 3 amide bonds. The first-order valence-corrected chi connectivity index (χ1v) is 9.18. The third kappa shape index (κ3) is 4.55. The van der Waals surface area contributed by atoms with Crippen molar-refractivity contribution < 1.29 is 24.4 Å². The van der Waals surface area contributed by atoms with Gasteiger partial charge < -0.3 is 15.4 Å².